The lowest BCUT2D eigenvalue weighted by Crippen LogP contribution is -2.09. The molecular formula is C44H28N2OS. The van der Waals surface area contributed by atoms with Gasteiger partial charge in [0, 0.05) is 33.1 Å². The molecular weight excluding hydrogens is 605 g/mol. The van der Waals surface area contributed by atoms with Crippen LogP contribution in [0.1, 0.15) is 11.6 Å². The molecule has 6 aromatic carbocycles. The van der Waals surface area contributed by atoms with Gasteiger partial charge in [0.15, 0.2) is 5.82 Å². The molecule has 1 aliphatic carbocycles. The number of rotatable bonds is 4. The van der Waals surface area contributed by atoms with E-state index in [2.05, 4.69) is 152 Å². The van der Waals surface area contributed by atoms with Crippen LogP contribution >= 0.6 is 11.8 Å². The maximum atomic E-state index is 6.58. The Bertz CT molecular complexity index is 2600. The zero-order valence-electron chi connectivity index (χ0n) is 25.9. The lowest BCUT2D eigenvalue weighted by molar-refractivity contribution is 0.669. The van der Waals surface area contributed by atoms with Gasteiger partial charge in [-0.3, -0.25) is 0 Å². The van der Waals surface area contributed by atoms with Crippen molar-refractivity contribution in [2.24, 2.45) is 0 Å². The number of hydrogen-bond donors (Lipinski definition) is 0. The van der Waals surface area contributed by atoms with E-state index in [1.807, 2.05) is 17.8 Å². The molecule has 0 bridgehead atoms. The molecule has 10 rings (SSSR count). The van der Waals surface area contributed by atoms with Gasteiger partial charge in [0.25, 0.3) is 0 Å². The molecule has 2 aromatic heterocycles. The first-order valence-electron chi connectivity index (χ1n) is 16.3. The number of fused-ring (bicyclic) bond motifs is 7. The Morgan fingerprint density at radius 2 is 1.27 bits per heavy atom. The summed E-state index contributed by atoms with van der Waals surface area (Å²) >= 11 is 1.87. The van der Waals surface area contributed by atoms with E-state index in [0.29, 0.717) is 5.25 Å². The van der Waals surface area contributed by atoms with Crippen LogP contribution in [0.2, 0.25) is 0 Å². The molecule has 0 N–H and O–H groups in total. The van der Waals surface area contributed by atoms with Crippen LogP contribution in [0.4, 0.5) is 0 Å². The van der Waals surface area contributed by atoms with E-state index in [1.54, 1.807) is 0 Å². The van der Waals surface area contributed by atoms with Crippen LogP contribution in [0, 0.1) is 0 Å². The second kappa shape index (κ2) is 10.9. The molecule has 4 heteroatoms. The van der Waals surface area contributed by atoms with Crippen molar-refractivity contribution in [1.29, 1.82) is 0 Å². The topological polar surface area (TPSA) is 38.9 Å². The molecule has 0 radical (unpaired) electrons. The Hall–Kier alpha value is -5.71. The van der Waals surface area contributed by atoms with Crippen LogP contribution in [-0.4, -0.2) is 15.2 Å². The number of nitrogens with zero attached hydrogens (tertiary/aromatic N) is 2. The highest BCUT2D eigenvalue weighted by molar-refractivity contribution is 8.00. The molecule has 0 saturated carbocycles. The van der Waals surface area contributed by atoms with Crippen molar-refractivity contribution in [3.8, 4) is 44.9 Å². The lowest BCUT2D eigenvalue weighted by Gasteiger charge is -2.14. The first-order valence-corrected chi connectivity index (χ1v) is 17.2. The van der Waals surface area contributed by atoms with Gasteiger partial charge in [-0.05, 0) is 57.3 Å². The second-order valence-corrected chi connectivity index (χ2v) is 13.7. The predicted octanol–water partition coefficient (Wildman–Crippen LogP) is 11.9. The van der Waals surface area contributed by atoms with Crippen LogP contribution in [0.5, 0.6) is 0 Å². The van der Waals surface area contributed by atoms with E-state index in [0.717, 1.165) is 60.7 Å². The van der Waals surface area contributed by atoms with Crippen LogP contribution in [0.3, 0.4) is 0 Å². The summed E-state index contributed by atoms with van der Waals surface area (Å²) in [5, 5.41) is 4.95. The number of furan rings is 1. The fourth-order valence-electron chi connectivity index (χ4n) is 7.22. The molecule has 1 aliphatic heterocycles. The van der Waals surface area contributed by atoms with Crippen molar-refractivity contribution in [3.63, 3.8) is 0 Å². The third-order valence-corrected chi connectivity index (χ3v) is 11.0. The Kier molecular flexibility index (Phi) is 6.24. The van der Waals surface area contributed by atoms with E-state index < -0.39 is 0 Å². The second-order valence-electron chi connectivity index (χ2n) is 12.5. The van der Waals surface area contributed by atoms with Crippen molar-refractivity contribution in [3.05, 3.63) is 163 Å². The highest BCUT2D eigenvalue weighted by Crippen LogP contribution is 2.52. The summed E-state index contributed by atoms with van der Waals surface area (Å²) in [6.07, 6.45) is 8.86. The third-order valence-electron chi connectivity index (χ3n) is 9.63. The van der Waals surface area contributed by atoms with Crippen LogP contribution in [0.25, 0.3) is 77.6 Å². The molecule has 226 valence electrons. The van der Waals surface area contributed by atoms with Crippen molar-refractivity contribution < 1.29 is 4.42 Å². The molecule has 2 atom stereocenters. The van der Waals surface area contributed by atoms with Crippen molar-refractivity contribution >= 4 is 44.5 Å². The van der Waals surface area contributed by atoms with E-state index >= 15 is 0 Å². The summed E-state index contributed by atoms with van der Waals surface area (Å²) in [6.45, 7) is 0. The quantitative estimate of drug-likeness (QED) is 0.193. The summed E-state index contributed by atoms with van der Waals surface area (Å²) < 4.78 is 6.58. The van der Waals surface area contributed by atoms with Crippen LogP contribution < -0.4 is 0 Å². The van der Waals surface area contributed by atoms with Gasteiger partial charge in [0.1, 0.15) is 11.2 Å². The predicted molar refractivity (Wildman–Crippen MR) is 199 cm³/mol. The van der Waals surface area contributed by atoms with Gasteiger partial charge in [-0.1, -0.05) is 133 Å². The number of allylic oxidation sites excluding steroid dienone is 3. The van der Waals surface area contributed by atoms with Crippen molar-refractivity contribution in [2.45, 2.75) is 16.1 Å². The largest absolute Gasteiger partial charge is 0.456 e. The van der Waals surface area contributed by atoms with E-state index in [-0.39, 0.29) is 5.92 Å². The average molecular weight is 633 g/mol. The SMILES string of the molecule is C1=CC2Sc3c(-c4cccc5oc6cc(-c7ccc8ccccc8c7)ccc6c45)nc(-c4ccc(-c5ccccc5)cc4)nc3C2C=C1. The Morgan fingerprint density at radius 1 is 0.542 bits per heavy atom. The maximum Gasteiger partial charge on any atom is 0.160 e. The molecule has 3 nitrogen and oxygen atoms in total. The Labute approximate surface area is 282 Å². The van der Waals surface area contributed by atoms with Gasteiger partial charge >= 0.3 is 0 Å². The minimum Gasteiger partial charge on any atom is -0.456 e. The number of benzene rings is 6. The average Bonchev–Trinajstić information content (AvgIpc) is 3.73. The summed E-state index contributed by atoms with van der Waals surface area (Å²) in [5.41, 5.74) is 10.6. The fourth-order valence-corrected chi connectivity index (χ4v) is 8.60. The van der Waals surface area contributed by atoms with Gasteiger partial charge in [-0.25, -0.2) is 9.97 Å². The minimum atomic E-state index is 0.212. The first kappa shape index (κ1) is 27.4. The number of hydrogen-bond acceptors (Lipinski definition) is 4. The summed E-state index contributed by atoms with van der Waals surface area (Å²) in [5.74, 6) is 0.958. The maximum absolute atomic E-state index is 6.58. The zero-order valence-corrected chi connectivity index (χ0v) is 26.7. The molecule has 0 saturated heterocycles. The number of thioether (sulfide) groups is 1. The van der Waals surface area contributed by atoms with E-state index in [9.17, 15) is 0 Å². The highest BCUT2D eigenvalue weighted by Gasteiger charge is 2.36. The molecule has 0 spiro atoms. The molecule has 3 heterocycles. The van der Waals surface area contributed by atoms with Gasteiger partial charge in [0.2, 0.25) is 0 Å². The van der Waals surface area contributed by atoms with Crippen molar-refractivity contribution in [1.82, 2.24) is 9.97 Å². The smallest absolute Gasteiger partial charge is 0.160 e. The monoisotopic (exact) mass is 632 g/mol. The molecule has 0 amide bonds. The summed E-state index contributed by atoms with van der Waals surface area (Å²) in [6, 6.07) is 47.1. The number of aromatic nitrogens is 2. The third kappa shape index (κ3) is 4.44. The van der Waals surface area contributed by atoms with E-state index in [4.69, 9.17) is 14.4 Å². The molecule has 48 heavy (non-hydrogen) atoms. The van der Waals surface area contributed by atoms with E-state index in [1.165, 1.54) is 27.5 Å². The van der Waals surface area contributed by atoms with Gasteiger partial charge in [0.05, 0.1) is 16.3 Å². The normalized spacial score (nSPS) is 16.5. The first-order chi connectivity index (χ1) is 23.8. The molecule has 2 aliphatic rings. The Balaban J connectivity index is 1.13. The standard InChI is InChI=1S/C44H28N2OS/c1-2-9-27(10-3-1)29-17-20-30(21-18-29)44-45-41-35-13-6-7-16-39(35)48-43(41)42(46-44)36-14-8-15-37-40(36)34-24-23-33(26-38(34)47-37)32-22-19-28-11-4-5-12-31(28)25-32/h1-26,35,39H. The Morgan fingerprint density at radius 3 is 2.17 bits per heavy atom. The van der Waals surface area contributed by atoms with Gasteiger partial charge in [-0.15, -0.1) is 11.8 Å². The minimum absolute atomic E-state index is 0.212. The molecule has 8 aromatic rings. The van der Waals surface area contributed by atoms with Crippen molar-refractivity contribution in [2.75, 3.05) is 0 Å². The molecule has 2 unspecified atom stereocenters. The zero-order chi connectivity index (χ0) is 31.6. The van der Waals surface area contributed by atoms with Gasteiger partial charge in [-0.2, -0.15) is 0 Å². The molecule has 0 fully saturated rings. The summed E-state index contributed by atoms with van der Waals surface area (Å²) in [7, 11) is 0. The van der Waals surface area contributed by atoms with Crippen LogP contribution in [-0.2, 0) is 0 Å². The summed E-state index contributed by atoms with van der Waals surface area (Å²) in [4.78, 5) is 11.8. The highest BCUT2D eigenvalue weighted by atomic mass is 32.2. The fraction of sp³-hybridized carbons (Fsp3) is 0.0455. The van der Waals surface area contributed by atoms with Crippen LogP contribution in [0.15, 0.2) is 167 Å². The lowest BCUT2D eigenvalue weighted by atomic mass is 9.94. The van der Waals surface area contributed by atoms with Gasteiger partial charge < -0.3 is 4.42 Å².